The summed E-state index contributed by atoms with van der Waals surface area (Å²) in [5.41, 5.74) is 0.979. The van der Waals surface area contributed by atoms with Gasteiger partial charge in [0.25, 0.3) is 5.91 Å². The van der Waals surface area contributed by atoms with Gasteiger partial charge in [0.05, 0.1) is 11.0 Å². The van der Waals surface area contributed by atoms with Crippen LogP contribution in [-0.4, -0.2) is 38.5 Å². The Morgan fingerprint density at radius 2 is 1.67 bits per heavy atom. The fourth-order valence-corrected chi connectivity index (χ4v) is 4.70. The molecule has 30 heavy (non-hydrogen) atoms. The average Bonchev–Trinajstić information content (AvgIpc) is 3.47. The number of furan rings is 1. The quantitative estimate of drug-likeness (QED) is 0.573. The Balaban J connectivity index is 1.58. The van der Waals surface area contributed by atoms with Crippen molar-refractivity contribution in [1.29, 1.82) is 0 Å². The van der Waals surface area contributed by atoms with Crippen molar-refractivity contribution < 1.29 is 22.4 Å². The van der Waals surface area contributed by atoms with Crippen molar-refractivity contribution in [2.24, 2.45) is 0 Å². The van der Waals surface area contributed by atoms with Gasteiger partial charge in [-0.3, -0.25) is 4.79 Å². The van der Waals surface area contributed by atoms with Gasteiger partial charge in [-0.1, -0.05) is 48.5 Å². The first-order valence-electron chi connectivity index (χ1n) is 9.89. The van der Waals surface area contributed by atoms with E-state index in [1.165, 1.54) is 24.3 Å². The molecule has 4 rings (SSSR count). The summed E-state index contributed by atoms with van der Waals surface area (Å²) in [6.45, 7) is 1.51. The van der Waals surface area contributed by atoms with E-state index in [4.69, 9.17) is 9.15 Å². The van der Waals surface area contributed by atoms with Gasteiger partial charge in [-0.25, -0.2) is 8.42 Å². The topological polar surface area (TPSA) is 76.8 Å². The predicted octanol–water partition coefficient (Wildman–Crippen LogP) is 3.93. The molecule has 6 nitrogen and oxygen atoms in total. The molecule has 1 aliphatic heterocycles. The zero-order valence-electron chi connectivity index (χ0n) is 16.4. The van der Waals surface area contributed by atoms with E-state index in [1.54, 1.807) is 23.1 Å². The Morgan fingerprint density at radius 1 is 0.967 bits per heavy atom. The van der Waals surface area contributed by atoms with Crippen molar-refractivity contribution >= 4 is 15.7 Å². The van der Waals surface area contributed by atoms with E-state index < -0.39 is 9.84 Å². The maximum atomic E-state index is 13.2. The van der Waals surface area contributed by atoms with Gasteiger partial charge in [0.15, 0.2) is 5.76 Å². The summed E-state index contributed by atoms with van der Waals surface area (Å²) in [4.78, 5) is 15.0. The van der Waals surface area contributed by atoms with Gasteiger partial charge in [0.1, 0.15) is 0 Å². The molecular weight excluding hydrogens is 402 g/mol. The number of hydrogen-bond acceptors (Lipinski definition) is 5. The fourth-order valence-electron chi connectivity index (χ4n) is 3.51. The molecule has 0 bridgehead atoms. The molecule has 0 radical (unpaired) electrons. The van der Waals surface area contributed by atoms with E-state index in [2.05, 4.69) is 0 Å². The molecule has 156 valence electrons. The van der Waals surface area contributed by atoms with Gasteiger partial charge in [-0.15, -0.1) is 0 Å². The lowest BCUT2D eigenvalue weighted by atomic mass is 10.1. The molecule has 1 aromatic heterocycles. The van der Waals surface area contributed by atoms with Crippen LogP contribution in [0.5, 0.6) is 0 Å². The van der Waals surface area contributed by atoms with Crippen molar-refractivity contribution in [3.05, 3.63) is 84.1 Å². The van der Waals surface area contributed by atoms with Gasteiger partial charge < -0.3 is 14.1 Å². The second kappa shape index (κ2) is 8.85. The Bertz CT molecular complexity index is 1090. The van der Waals surface area contributed by atoms with Gasteiger partial charge in [-0.2, -0.15) is 0 Å². The lowest BCUT2D eigenvalue weighted by molar-refractivity contribution is 0.0480. The van der Waals surface area contributed by atoms with Crippen molar-refractivity contribution in [3.8, 4) is 0 Å². The van der Waals surface area contributed by atoms with Crippen LogP contribution in [0.1, 0.15) is 29.0 Å². The third-order valence-electron chi connectivity index (χ3n) is 5.06. The standard InChI is InChI=1S/C23H23NO5S/c25-23(21-13-14-22(29-21)30(26,27)20-11-5-2-6-12-20)24(17-19-10-7-15-28-19)16-18-8-3-1-4-9-18/h1-6,8-9,11-14,19H,7,10,15-17H2. The Labute approximate surface area is 176 Å². The highest BCUT2D eigenvalue weighted by molar-refractivity contribution is 7.91. The number of amides is 1. The molecule has 7 heteroatoms. The molecule has 1 fully saturated rings. The van der Waals surface area contributed by atoms with Crippen LogP contribution in [0, 0.1) is 0 Å². The van der Waals surface area contributed by atoms with Gasteiger partial charge in [0, 0.05) is 19.7 Å². The molecule has 1 amide bonds. The zero-order valence-corrected chi connectivity index (χ0v) is 17.3. The number of carbonyl (C=O) groups is 1. The van der Waals surface area contributed by atoms with E-state index >= 15 is 0 Å². The molecule has 1 saturated heterocycles. The predicted molar refractivity (Wildman–Crippen MR) is 111 cm³/mol. The van der Waals surface area contributed by atoms with Crippen LogP contribution in [0.25, 0.3) is 0 Å². The first kappa shape index (κ1) is 20.4. The number of hydrogen-bond donors (Lipinski definition) is 0. The minimum Gasteiger partial charge on any atom is -0.439 e. The van der Waals surface area contributed by atoms with Crippen LogP contribution in [-0.2, 0) is 21.1 Å². The molecule has 1 unspecified atom stereocenters. The third-order valence-corrected chi connectivity index (χ3v) is 6.70. The van der Waals surface area contributed by atoms with E-state index in [0.717, 1.165) is 18.4 Å². The van der Waals surface area contributed by atoms with Crippen LogP contribution in [0.15, 0.2) is 87.2 Å². The smallest absolute Gasteiger partial charge is 0.290 e. The first-order valence-corrected chi connectivity index (χ1v) is 11.4. The summed E-state index contributed by atoms with van der Waals surface area (Å²) in [6.07, 6.45) is 1.84. The normalized spacial score (nSPS) is 16.5. The van der Waals surface area contributed by atoms with E-state index in [0.29, 0.717) is 19.7 Å². The van der Waals surface area contributed by atoms with Gasteiger partial charge in [0.2, 0.25) is 14.9 Å². The van der Waals surface area contributed by atoms with Crippen molar-refractivity contribution in [3.63, 3.8) is 0 Å². The molecule has 2 aromatic carbocycles. The Morgan fingerprint density at radius 3 is 2.33 bits per heavy atom. The Kier molecular flexibility index (Phi) is 6.01. The highest BCUT2D eigenvalue weighted by Crippen LogP contribution is 2.24. The molecule has 0 aliphatic carbocycles. The molecule has 2 heterocycles. The molecule has 3 aromatic rings. The monoisotopic (exact) mass is 425 g/mol. The molecule has 1 aliphatic rings. The first-order chi connectivity index (χ1) is 14.5. The number of sulfone groups is 1. The van der Waals surface area contributed by atoms with E-state index in [-0.39, 0.29) is 27.8 Å². The second-order valence-electron chi connectivity index (χ2n) is 7.24. The number of carbonyl (C=O) groups excluding carboxylic acids is 1. The largest absolute Gasteiger partial charge is 0.439 e. The number of rotatable bonds is 7. The van der Waals surface area contributed by atoms with Gasteiger partial charge >= 0.3 is 0 Å². The fraction of sp³-hybridized carbons (Fsp3) is 0.261. The minimum atomic E-state index is -3.82. The van der Waals surface area contributed by atoms with Crippen LogP contribution < -0.4 is 0 Å². The summed E-state index contributed by atoms with van der Waals surface area (Å²) in [6, 6.07) is 20.4. The van der Waals surface area contributed by atoms with Crippen molar-refractivity contribution in [2.75, 3.05) is 13.2 Å². The molecule has 0 saturated carbocycles. The lowest BCUT2D eigenvalue weighted by Crippen LogP contribution is -2.36. The molecular formula is C23H23NO5S. The average molecular weight is 426 g/mol. The lowest BCUT2D eigenvalue weighted by Gasteiger charge is -2.24. The maximum absolute atomic E-state index is 13.2. The summed E-state index contributed by atoms with van der Waals surface area (Å²) < 4.78 is 36.8. The van der Waals surface area contributed by atoms with Crippen molar-refractivity contribution in [1.82, 2.24) is 4.90 Å². The van der Waals surface area contributed by atoms with Crippen molar-refractivity contribution in [2.45, 2.75) is 35.5 Å². The van der Waals surface area contributed by atoms with E-state index in [9.17, 15) is 13.2 Å². The van der Waals surface area contributed by atoms with E-state index in [1.807, 2.05) is 30.3 Å². The second-order valence-corrected chi connectivity index (χ2v) is 9.12. The highest BCUT2D eigenvalue weighted by Gasteiger charge is 2.28. The molecule has 0 N–H and O–H groups in total. The molecule has 0 spiro atoms. The van der Waals surface area contributed by atoms with Crippen LogP contribution in [0.2, 0.25) is 0 Å². The third kappa shape index (κ3) is 4.47. The summed E-state index contributed by atoms with van der Waals surface area (Å²) >= 11 is 0. The number of ether oxygens (including phenoxy) is 1. The van der Waals surface area contributed by atoms with Gasteiger partial charge in [-0.05, 0) is 42.7 Å². The summed E-state index contributed by atoms with van der Waals surface area (Å²) in [5, 5.41) is -0.242. The molecule has 1 atom stereocenters. The Hall–Kier alpha value is -2.90. The number of benzene rings is 2. The van der Waals surface area contributed by atoms with Crippen LogP contribution >= 0.6 is 0 Å². The summed E-state index contributed by atoms with van der Waals surface area (Å²) in [7, 11) is -3.82. The van der Waals surface area contributed by atoms with Crippen LogP contribution in [0.4, 0.5) is 0 Å². The SMILES string of the molecule is O=C(c1ccc(S(=O)(=O)c2ccccc2)o1)N(Cc1ccccc1)CC1CCCO1. The number of nitrogens with zero attached hydrogens (tertiary/aromatic N) is 1. The summed E-state index contributed by atoms with van der Waals surface area (Å²) in [5.74, 6) is -0.359. The maximum Gasteiger partial charge on any atom is 0.290 e. The zero-order chi connectivity index (χ0) is 21.0. The minimum absolute atomic E-state index is 0.00145. The highest BCUT2D eigenvalue weighted by atomic mass is 32.2. The van der Waals surface area contributed by atoms with Crippen LogP contribution in [0.3, 0.4) is 0 Å².